The minimum Gasteiger partial charge on any atom is -0.370 e. The molecule has 14 heteroatoms. The molecule has 1 N–H and O–H groups in total. The number of thiazole rings is 1. The Kier molecular flexibility index (Phi) is 7.48. The van der Waals surface area contributed by atoms with Crippen LogP contribution in [-0.4, -0.2) is 49.5 Å². The van der Waals surface area contributed by atoms with E-state index in [0.29, 0.717) is 32.0 Å². The number of likely N-dealkylation sites (tertiary alicyclic amines) is 1. The summed E-state index contributed by atoms with van der Waals surface area (Å²) in [6, 6.07) is 3.46. The van der Waals surface area contributed by atoms with E-state index >= 15 is 0 Å². The molecular weight excluding hydrogens is 525 g/mol. The fourth-order valence-electron chi connectivity index (χ4n) is 4.10. The molecule has 7 nitrogen and oxygen atoms in total. The quantitative estimate of drug-likeness (QED) is 0.431. The Bertz CT molecular complexity index is 1310. The van der Waals surface area contributed by atoms with Gasteiger partial charge in [0.15, 0.2) is 10.8 Å². The van der Waals surface area contributed by atoms with Crippen LogP contribution in [0.25, 0.3) is 0 Å². The van der Waals surface area contributed by atoms with Gasteiger partial charge in [-0.25, -0.2) is 18.7 Å². The first-order chi connectivity index (χ1) is 16.9. The van der Waals surface area contributed by atoms with Crippen LogP contribution in [0, 0.1) is 11.6 Å². The van der Waals surface area contributed by atoms with Gasteiger partial charge in [0.1, 0.15) is 11.6 Å². The van der Waals surface area contributed by atoms with Gasteiger partial charge in [-0.3, -0.25) is 9.62 Å². The third kappa shape index (κ3) is 5.93. The van der Waals surface area contributed by atoms with Crippen molar-refractivity contribution in [3.63, 3.8) is 0 Å². The van der Waals surface area contributed by atoms with Crippen LogP contribution in [0.4, 0.5) is 33.5 Å². The molecule has 0 aliphatic carbocycles. The monoisotopic (exact) mass is 547 g/mol. The van der Waals surface area contributed by atoms with E-state index in [2.05, 4.69) is 14.7 Å². The highest BCUT2D eigenvalue weighted by Gasteiger charge is 2.38. The fraction of sp³-hybridized carbons (Fsp3) is 0.364. The average molecular weight is 548 g/mol. The zero-order valence-electron chi connectivity index (χ0n) is 19.0. The third-order valence-corrected chi connectivity index (χ3v) is 7.83. The Morgan fingerprint density at radius 3 is 2.53 bits per heavy atom. The van der Waals surface area contributed by atoms with Gasteiger partial charge in [-0.15, -0.1) is 11.3 Å². The van der Waals surface area contributed by atoms with E-state index in [1.807, 2.05) is 4.90 Å². The first kappa shape index (κ1) is 26.2. The van der Waals surface area contributed by atoms with Crippen LogP contribution < -0.4 is 9.62 Å². The largest absolute Gasteiger partial charge is 0.418 e. The molecule has 4 rings (SSSR count). The Morgan fingerprint density at radius 1 is 1.17 bits per heavy atom. The highest BCUT2D eigenvalue weighted by Crippen LogP contribution is 2.38. The lowest BCUT2D eigenvalue weighted by molar-refractivity contribution is -0.137. The number of alkyl halides is 3. The van der Waals surface area contributed by atoms with Crippen LogP contribution in [0.2, 0.25) is 0 Å². The average Bonchev–Trinajstić information content (AvgIpc) is 3.33. The molecule has 1 aromatic carbocycles. The topological polar surface area (TPSA) is 78.4 Å². The molecule has 0 bridgehead atoms. The van der Waals surface area contributed by atoms with Crippen LogP contribution in [0.5, 0.6) is 0 Å². The van der Waals surface area contributed by atoms with Crippen molar-refractivity contribution in [3.05, 3.63) is 64.1 Å². The van der Waals surface area contributed by atoms with Crippen molar-refractivity contribution in [3.8, 4) is 0 Å². The van der Waals surface area contributed by atoms with Gasteiger partial charge in [-0.05, 0) is 37.1 Å². The second-order valence-electron chi connectivity index (χ2n) is 8.37. The van der Waals surface area contributed by atoms with Gasteiger partial charge < -0.3 is 4.90 Å². The van der Waals surface area contributed by atoms with Crippen LogP contribution in [0.15, 0.2) is 46.4 Å². The Morgan fingerprint density at radius 2 is 1.89 bits per heavy atom. The summed E-state index contributed by atoms with van der Waals surface area (Å²) in [6.45, 7) is 1.11. The molecule has 1 aliphatic heterocycles. The van der Waals surface area contributed by atoms with Crippen molar-refractivity contribution < 1.29 is 30.4 Å². The van der Waals surface area contributed by atoms with Gasteiger partial charge in [0, 0.05) is 43.7 Å². The number of pyridine rings is 1. The number of nitrogens with zero attached hydrogens (tertiary/aromatic N) is 4. The standard InChI is InChI=1S/C22H22F5N5O2S2/c1-31(16-4-6-32(7-5-16)11-14-8-15(23)2-3-18(14)24)19-10-28-21(9-17(19)22(25,26)27)36(33,34)30-20-12-35-13-29-20/h2-3,8-10,12-13,16,30H,4-7,11H2,1H3. The molecule has 0 amide bonds. The number of piperidine rings is 1. The van der Waals surface area contributed by atoms with E-state index in [9.17, 15) is 30.4 Å². The lowest BCUT2D eigenvalue weighted by Gasteiger charge is -2.38. The smallest absolute Gasteiger partial charge is 0.370 e. The van der Waals surface area contributed by atoms with E-state index in [4.69, 9.17) is 0 Å². The number of halogens is 5. The molecular formula is C22H22F5N5O2S2. The molecule has 0 unspecified atom stereocenters. The van der Waals surface area contributed by atoms with Gasteiger partial charge in [-0.2, -0.15) is 21.6 Å². The number of rotatable bonds is 7. The van der Waals surface area contributed by atoms with Gasteiger partial charge in [-0.1, -0.05) is 0 Å². The number of hydrogen-bond acceptors (Lipinski definition) is 7. The third-order valence-electron chi connectivity index (χ3n) is 6.00. The molecule has 1 aliphatic rings. The Hall–Kier alpha value is -2.84. The van der Waals surface area contributed by atoms with Crippen LogP contribution >= 0.6 is 11.3 Å². The minimum absolute atomic E-state index is 0.0126. The van der Waals surface area contributed by atoms with Crippen LogP contribution in [0.3, 0.4) is 0 Å². The lowest BCUT2D eigenvalue weighted by atomic mass is 10.0. The summed E-state index contributed by atoms with van der Waals surface area (Å²) in [5.41, 5.74) is 0.228. The summed E-state index contributed by atoms with van der Waals surface area (Å²) in [7, 11) is -2.88. The first-order valence-corrected chi connectivity index (χ1v) is 13.2. The molecule has 3 heterocycles. The van der Waals surface area contributed by atoms with Crippen LogP contribution in [-0.2, 0) is 22.7 Å². The van der Waals surface area contributed by atoms with Gasteiger partial charge in [0.05, 0.1) is 23.0 Å². The predicted octanol–water partition coefficient (Wildman–Crippen LogP) is 4.74. The SMILES string of the molecule is CN(c1cnc(S(=O)(=O)Nc2cscn2)cc1C(F)(F)F)C1CCN(Cc2cc(F)ccc2F)CC1. The molecule has 1 saturated heterocycles. The normalized spacial score (nSPS) is 15.7. The molecule has 3 aromatic rings. The predicted molar refractivity (Wildman–Crippen MR) is 125 cm³/mol. The summed E-state index contributed by atoms with van der Waals surface area (Å²) in [6.07, 6.45) is -2.98. The summed E-state index contributed by atoms with van der Waals surface area (Å²) in [5, 5.41) is 0.631. The van der Waals surface area contributed by atoms with Crippen molar-refractivity contribution in [2.24, 2.45) is 0 Å². The molecule has 0 radical (unpaired) electrons. The maximum atomic E-state index is 14.0. The summed E-state index contributed by atoms with van der Waals surface area (Å²) >= 11 is 1.12. The zero-order chi connectivity index (χ0) is 26.1. The Labute approximate surface area is 208 Å². The van der Waals surface area contributed by atoms with E-state index in [0.717, 1.165) is 35.7 Å². The molecule has 0 spiro atoms. The van der Waals surface area contributed by atoms with Crippen molar-refractivity contribution in [1.29, 1.82) is 0 Å². The summed E-state index contributed by atoms with van der Waals surface area (Å²) < 4.78 is 96.4. The van der Waals surface area contributed by atoms with Crippen molar-refractivity contribution in [2.75, 3.05) is 29.8 Å². The number of sulfonamides is 1. The second-order valence-corrected chi connectivity index (χ2v) is 10.7. The summed E-state index contributed by atoms with van der Waals surface area (Å²) in [5.74, 6) is -1.07. The van der Waals surface area contributed by atoms with Crippen molar-refractivity contribution in [2.45, 2.75) is 36.6 Å². The van der Waals surface area contributed by atoms with E-state index in [1.165, 1.54) is 22.8 Å². The first-order valence-electron chi connectivity index (χ1n) is 10.8. The second kappa shape index (κ2) is 10.3. The van der Waals surface area contributed by atoms with Crippen molar-refractivity contribution in [1.82, 2.24) is 14.9 Å². The summed E-state index contributed by atoms with van der Waals surface area (Å²) in [4.78, 5) is 10.9. The zero-order valence-corrected chi connectivity index (χ0v) is 20.6. The number of hydrogen-bond donors (Lipinski definition) is 1. The number of nitrogens with one attached hydrogen (secondary N) is 1. The maximum Gasteiger partial charge on any atom is 0.418 e. The Balaban J connectivity index is 1.50. The number of aromatic nitrogens is 2. The van der Waals surface area contributed by atoms with E-state index in [-0.39, 0.29) is 29.7 Å². The molecule has 1 fully saturated rings. The minimum atomic E-state index is -4.83. The van der Waals surface area contributed by atoms with Gasteiger partial charge in [0.2, 0.25) is 0 Å². The number of anilines is 2. The number of benzene rings is 1. The lowest BCUT2D eigenvalue weighted by Crippen LogP contribution is -2.43. The van der Waals surface area contributed by atoms with Gasteiger partial charge >= 0.3 is 6.18 Å². The molecule has 194 valence electrons. The molecule has 0 saturated carbocycles. The van der Waals surface area contributed by atoms with Gasteiger partial charge in [0.25, 0.3) is 10.0 Å². The maximum absolute atomic E-state index is 14.0. The molecule has 2 aromatic heterocycles. The van der Waals surface area contributed by atoms with Crippen LogP contribution in [0.1, 0.15) is 24.0 Å². The van der Waals surface area contributed by atoms with Crippen molar-refractivity contribution >= 4 is 32.9 Å². The molecule has 36 heavy (non-hydrogen) atoms. The van der Waals surface area contributed by atoms with E-state index < -0.39 is 38.4 Å². The fourth-order valence-corrected chi connectivity index (χ4v) is 5.62. The molecule has 0 atom stereocenters. The highest BCUT2D eigenvalue weighted by molar-refractivity contribution is 7.92. The van der Waals surface area contributed by atoms with E-state index in [1.54, 1.807) is 0 Å². The highest BCUT2D eigenvalue weighted by atomic mass is 32.2.